The Bertz CT molecular complexity index is 2000. The van der Waals surface area contributed by atoms with E-state index in [1.165, 1.54) is 30.1 Å². The minimum Gasteiger partial charge on any atom is -0.496 e. The van der Waals surface area contributed by atoms with Crippen LogP contribution in [-0.4, -0.2) is 29.7 Å². The lowest BCUT2D eigenvalue weighted by Gasteiger charge is -2.25. The van der Waals surface area contributed by atoms with Gasteiger partial charge in [0.15, 0.2) is 4.80 Å². The summed E-state index contributed by atoms with van der Waals surface area (Å²) >= 11 is 7.65. The molecule has 0 spiro atoms. The number of carbonyl (C=O) groups excluding carboxylic acids is 1. The summed E-state index contributed by atoms with van der Waals surface area (Å²) in [6.45, 7) is 1.74. The van der Waals surface area contributed by atoms with E-state index in [4.69, 9.17) is 21.1 Å². The summed E-state index contributed by atoms with van der Waals surface area (Å²) in [5, 5.41) is 1.44. The first kappa shape index (κ1) is 25.9. The van der Waals surface area contributed by atoms with Gasteiger partial charge in [0.1, 0.15) is 11.8 Å². The average molecular weight is 570 g/mol. The third-order valence-electron chi connectivity index (χ3n) is 7.00. The zero-order chi connectivity index (χ0) is 28.0. The summed E-state index contributed by atoms with van der Waals surface area (Å²) in [5.41, 5.74) is 4.76. The normalized spacial score (nSPS) is 15.2. The first-order chi connectivity index (χ1) is 19.4. The van der Waals surface area contributed by atoms with Crippen LogP contribution in [0.2, 0.25) is 5.02 Å². The van der Waals surface area contributed by atoms with E-state index >= 15 is 0 Å². The van der Waals surface area contributed by atoms with Gasteiger partial charge in [0, 0.05) is 27.1 Å². The molecule has 0 aliphatic carbocycles. The highest BCUT2D eigenvalue weighted by atomic mass is 35.5. The maximum absolute atomic E-state index is 14.2. The molecule has 1 aliphatic rings. The molecular weight excluding hydrogens is 546 g/mol. The van der Waals surface area contributed by atoms with Gasteiger partial charge >= 0.3 is 5.97 Å². The Balaban J connectivity index is 1.65. The number of aromatic nitrogens is 2. The van der Waals surface area contributed by atoms with Crippen LogP contribution in [0.1, 0.15) is 24.1 Å². The first-order valence-electron chi connectivity index (χ1n) is 12.5. The van der Waals surface area contributed by atoms with Crippen molar-refractivity contribution in [1.82, 2.24) is 9.55 Å². The Morgan fingerprint density at radius 2 is 1.82 bits per heavy atom. The molecule has 2 aromatic heterocycles. The van der Waals surface area contributed by atoms with E-state index in [0.29, 0.717) is 31.4 Å². The summed E-state index contributed by atoms with van der Waals surface area (Å²) in [6, 6.07) is 22.3. The van der Waals surface area contributed by atoms with Gasteiger partial charge < -0.3 is 14.5 Å². The molecule has 0 saturated carbocycles. The van der Waals surface area contributed by atoms with Crippen molar-refractivity contribution in [2.75, 3.05) is 14.2 Å². The number of nitrogens with zero attached hydrogens (tertiary/aromatic N) is 2. The lowest BCUT2D eigenvalue weighted by Crippen LogP contribution is -2.40. The molecule has 0 unspecified atom stereocenters. The van der Waals surface area contributed by atoms with Crippen molar-refractivity contribution in [3.8, 4) is 17.0 Å². The van der Waals surface area contributed by atoms with E-state index in [0.717, 1.165) is 27.7 Å². The molecule has 40 heavy (non-hydrogen) atoms. The number of allylic oxidation sites excluding steroid dienone is 1. The van der Waals surface area contributed by atoms with E-state index in [9.17, 15) is 9.59 Å². The summed E-state index contributed by atoms with van der Waals surface area (Å²) in [6.07, 6.45) is 1.90. The van der Waals surface area contributed by atoms with Gasteiger partial charge in [0.2, 0.25) is 0 Å². The molecule has 200 valence electrons. The topological polar surface area (TPSA) is 85.7 Å². The smallest absolute Gasteiger partial charge is 0.338 e. The monoisotopic (exact) mass is 569 g/mol. The molecule has 0 fully saturated rings. The Kier molecular flexibility index (Phi) is 6.65. The number of ether oxygens (including phenoxy) is 2. The second-order valence-electron chi connectivity index (χ2n) is 9.28. The zero-order valence-corrected chi connectivity index (χ0v) is 23.5. The van der Waals surface area contributed by atoms with Crippen molar-refractivity contribution in [3.63, 3.8) is 0 Å². The molecule has 7 nitrogen and oxygen atoms in total. The molecule has 0 bridgehead atoms. The number of aromatic amines is 1. The van der Waals surface area contributed by atoms with Crippen molar-refractivity contribution in [3.05, 3.63) is 120 Å². The van der Waals surface area contributed by atoms with Crippen LogP contribution < -0.4 is 19.6 Å². The number of nitrogens with one attached hydrogen (secondary N) is 1. The van der Waals surface area contributed by atoms with E-state index in [1.54, 1.807) is 25.1 Å². The highest BCUT2D eigenvalue weighted by Gasteiger charge is 2.35. The Labute approximate surface area is 238 Å². The van der Waals surface area contributed by atoms with Crippen LogP contribution in [0.5, 0.6) is 5.75 Å². The second-order valence-corrected chi connectivity index (χ2v) is 10.7. The van der Waals surface area contributed by atoms with Crippen molar-refractivity contribution < 1.29 is 14.3 Å². The molecule has 0 saturated heterocycles. The van der Waals surface area contributed by atoms with Crippen molar-refractivity contribution in [1.29, 1.82) is 0 Å². The fourth-order valence-electron chi connectivity index (χ4n) is 5.18. The SMILES string of the molecule is COC(=O)C1=C(C)N=c2s/c(=C\c3c(-c4ccccc4)[nH]c4ccccc34)c(=O)n2[C@H]1c1cc(Cl)ccc1OC. The molecule has 3 heterocycles. The maximum Gasteiger partial charge on any atom is 0.338 e. The van der Waals surface area contributed by atoms with Crippen molar-refractivity contribution in [2.45, 2.75) is 13.0 Å². The number of fused-ring (bicyclic) bond motifs is 2. The molecule has 3 aromatic carbocycles. The van der Waals surface area contributed by atoms with Gasteiger partial charge in [-0.1, -0.05) is 71.5 Å². The van der Waals surface area contributed by atoms with E-state index in [2.05, 4.69) is 9.98 Å². The number of para-hydroxylation sites is 1. The van der Waals surface area contributed by atoms with Gasteiger partial charge in [-0.3, -0.25) is 9.36 Å². The number of hydrogen-bond acceptors (Lipinski definition) is 6. The molecular formula is C31H24ClN3O4S. The number of thiazole rings is 1. The number of hydrogen-bond donors (Lipinski definition) is 1. The Morgan fingerprint density at radius 3 is 2.58 bits per heavy atom. The van der Waals surface area contributed by atoms with Crippen LogP contribution in [0.4, 0.5) is 0 Å². The third-order valence-corrected chi connectivity index (χ3v) is 8.22. The zero-order valence-electron chi connectivity index (χ0n) is 21.9. The van der Waals surface area contributed by atoms with Gasteiger partial charge in [0.25, 0.3) is 5.56 Å². The van der Waals surface area contributed by atoms with Gasteiger partial charge in [-0.25, -0.2) is 9.79 Å². The number of benzene rings is 3. The maximum atomic E-state index is 14.2. The Hall–Kier alpha value is -4.40. The highest BCUT2D eigenvalue weighted by Crippen LogP contribution is 2.37. The fourth-order valence-corrected chi connectivity index (χ4v) is 6.39. The largest absolute Gasteiger partial charge is 0.496 e. The average Bonchev–Trinajstić information content (AvgIpc) is 3.49. The highest BCUT2D eigenvalue weighted by molar-refractivity contribution is 7.07. The predicted octanol–water partition coefficient (Wildman–Crippen LogP) is 5.22. The van der Waals surface area contributed by atoms with Crippen LogP contribution in [0.25, 0.3) is 28.2 Å². The first-order valence-corrected chi connectivity index (χ1v) is 13.7. The summed E-state index contributed by atoms with van der Waals surface area (Å²) in [7, 11) is 2.84. The lowest BCUT2D eigenvalue weighted by atomic mass is 9.95. The van der Waals surface area contributed by atoms with Crippen LogP contribution in [0, 0.1) is 0 Å². The number of H-pyrrole nitrogens is 1. The second kappa shape index (κ2) is 10.3. The third kappa shape index (κ3) is 4.26. The van der Waals surface area contributed by atoms with Gasteiger partial charge in [-0.05, 0) is 42.8 Å². The van der Waals surface area contributed by atoms with Crippen LogP contribution in [0.3, 0.4) is 0 Å². The number of halogens is 1. The van der Waals surface area contributed by atoms with Crippen molar-refractivity contribution in [2.24, 2.45) is 4.99 Å². The molecule has 0 amide bonds. The van der Waals surface area contributed by atoms with Gasteiger partial charge in [-0.15, -0.1) is 0 Å². The molecule has 1 aliphatic heterocycles. The van der Waals surface area contributed by atoms with Crippen LogP contribution >= 0.6 is 22.9 Å². The van der Waals surface area contributed by atoms with E-state index < -0.39 is 12.0 Å². The van der Waals surface area contributed by atoms with Crippen molar-refractivity contribution >= 4 is 45.9 Å². The number of methoxy groups -OCH3 is 2. The van der Waals surface area contributed by atoms with Gasteiger partial charge in [-0.2, -0.15) is 0 Å². The minimum atomic E-state index is -0.837. The quantitative estimate of drug-likeness (QED) is 0.294. The minimum absolute atomic E-state index is 0.249. The standard InChI is InChI=1S/C31H24ClN3O4S/c1-17-26(30(37)39-3)28(22-15-19(32)13-14-24(22)38-2)35-29(36)25(40-31(35)33-17)16-21-20-11-7-8-12-23(20)34-27(21)18-9-5-4-6-10-18/h4-16,28,34H,1-3H3/b25-16-/t28-/m0/s1. The lowest BCUT2D eigenvalue weighted by molar-refractivity contribution is -0.136. The summed E-state index contributed by atoms with van der Waals surface area (Å²) in [4.78, 5) is 35.9. The summed E-state index contributed by atoms with van der Waals surface area (Å²) < 4.78 is 12.7. The number of carbonyl (C=O) groups is 1. The molecule has 5 aromatic rings. The molecule has 1 N–H and O–H groups in total. The molecule has 1 atom stereocenters. The van der Waals surface area contributed by atoms with Crippen LogP contribution in [-0.2, 0) is 9.53 Å². The molecule has 6 rings (SSSR count). The van der Waals surface area contributed by atoms with Crippen LogP contribution in [0.15, 0.2) is 93.9 Å². The van der Waals surface area contributed by atoms with E-state index in [-0.39, 0.29) is 11.1 Å². The summed E-state index contributed by atoms with van der Waals surface area (Å²) in [5.74, 6) is -0.0892. The van der Waals surface area contributed by atoms with E-state index in [1.807, 2.05) is 60.7 Å². The Morgan fingerprint density at radius 1 is 1.07 bits per heavy atom. The molecule has 9 heteroatoms. The molecule has 0 radical (unpaired) electrons. The fraction of sp³-hybridized carbons (Fsp3) is 0.129. The number of rotatable bonds is 5. The van der Waals surface area contributed by atoms with Gasteiger partial charge in [0.05, 0.1) is 35.7 Å². The predicted molar refractivity (Wildman–Crippen MR) is 158 cm³/mol. The number of esters is 1.